The van der Waals surface area contributed by atoms with E-state index in [1.54, 1.807) is 5.43 Å². The number of halogens is 6. The number of rotatable bonds is 4. The minimum atomic E-state index is -5.08. The first-order valence-electron chi connectivity index (χ1n) is 9.48. The van der Waals surface area contributed by atoms with Gasteiger partial charge in [0.05, 0.1) is 22.4 Å². The lowest BCUT2D eigenvalue weighted by molar-refractivity contribution is -0.142. The van der Waals surface area contributed by atoms with Crippen molar-refractivity contribution in [2.24, 2.45) is 5.84 Å². The molecular formula is C21H13ClF5N5O2. The standard InChI is InChI=1S/C21H13ClF5N5O2/c22-11-5-1-2-7-13(24)15(11)17-16(20(33)30-28)18(34-31-17)10-9-29-32(19(10)21(25,26)27)14-8-4-3-6-12(14)23/h1-6,8-9H,7,28H2,(H,30,33). The predicted molar refractivity (Wildman–Crippen MR) is 111 cm³/mol. The zero-order valence-corrected chi connectivity index (χ0v) is 17.6. The number of allylic oxidation sites excluding steroid dienone is 6. The summed E-state index contributed by atoms with van der Waals surface area (Å²) >= 11 is 6.13. The molecule has 4 rings (SSSR count). The van der Waals surface area contributed by atoms with Crippen molar-refractivity contribution in [1.29, 1.82) is 0 Å². The average Bonchev–Trinajstić information content (AvgIpc) is 3.37. The second-order valence-corrected chi connectivity index (χ2v) is 7.31. The molecule has 0 saturated carbocycles. The van der Waals surface area contributed by atoms with Crippen molar-refractivity contribution in [2.75, 3.05) is 0 Å². The summed E-state index contributed by atoms with van der Waals surface area (Å²) in [5.74, 6) is 1.60. The highest BCUT2D eigenvalue weighted by Crippen LogP contribution is 2.43. The Hall–Kier alpha value is -3.77. The molecule has 13 heteroatoms. The van der Waals surface area contributed by atoms with Gasteiger partial charge >= 0.3 is 6.18 Å². The number of hydrogen-bond acceptors (Lipinski definition) is 5. The Balaban J connectivity index is 2.00. The van der Waals surface area contributed by atoms with Crippen LogP contribution in [0.4, 0.5) is 22.0 Å². The summed E-state index contributed by atoms with van der Waals surface area (Å²) in [5.41, 5.74) is -2.35. The van der Waals surface area contributed by atoms with Gasteiger partial charge in [-0.05, 0) is 18.2 Å². The molecule has 34 heavy (non-hydrogen) atoms. The van der Waals surface area contributed by atoms with Crippen molar-refractivity contribution < 1.29 is 31.3 Å². The lowest BCUT2D eigenvalue weighted by atomic mass is 10.0. The van der Waals surface area contributed by atoms with Crippen LogP contribution in [-0.4, -0.2) is 20.8 Å². The van der Waals surface area contributed by atoms with Crippen LogP contribution in [0.15, 0.2) is 64.1 Å². The van der Waals surface area contributed by atoms with Gasteiger partial charge in [-0.1, -0.05) is 41.0 Å². The molecule has 0 radical (unpaired) electrons. The number of hydrazine groups is 1. The number of benzene rings is 1. The van der Waals surface area contributed by atoms with Crippen LogP contribution in [-0.2, 0) is 6.18 Å². The van der Waals surface area contributed by atoms with E-state index in [4.69, 9.17) is 22.0 Å². The highest BCUT2D eigenvalue weighted by molar-refractivity contribution is 6.37. The second-order valence-electron chi connectivity index (χ2n) is 6.90. The number of nitrogens with two attached hydrogens (primary N) is 1. The first-order chi connectivity index (χ1) is 16.1. The van der Waals surface area contributed by atoms with Crippen LogP contribution in [0.3, 0.4) is 0 Å². The van der Waals surface area contributed by atoms with Crippen molar-refractivity contribution in [1.82, 2.24) is 20.4 Å². The molecule has 3 aromatic rings. The topological polar surface area (TPSA) is 99.0 Å². The van der Waals surface area contributed by atoms with Gasteiger partial charge in [0, 0.05) is 6.42 Å². The molecule has 0 saturated heterocycles. The van der Waals surface area contributed by atoms with Crippen molar-refractivity contribution in [3.05, 3.63) is 82.3 Å². The minimum Gasteiger partial charge on any atom is -0.355 e. The normalized spacial score (nSPS) is 14.3. The minimum absolute atomic E-state index is 0.171. The van der Waals surface area contributed by atoms with Gasteiger partial charge in [0.2, 0.25) is 0 Å². The first kappa shape index (κ1) is 23.4. The maximum absolute atomic E-state index is 14.8. The molecule has 1 aliphatic carbocycles. The van der Waals surface area contributed by atoms with Gasteiger partial charge in [-0.15, -0.1) is 0 Å². The number of hydrogen-bond donors (Lipinski definition) is 2. The van der Waals surface area contributed by atoms with E-state index in [0.29, 0.717) is 4.68 Å². The molecule has 176 valence electrons. The van der Waals surface area contributed by atoms with Crippen molar-refractivity contribution >= 4 is 23.1 Å². The molecule has 0 aliphatic heterocycles. The molecule has 0 spiro atoms. The molecule has 2 heterocycles. The third-order valence-corrected chi connectivity index (χ3v) is 5.15. The van der Waals surface area contributed by atoms with Gasteiger partial charge in [-0.25, -0.2) is 19.3 Å². The largest absolute Gasteiger partial charge is 0.434 e. The summed E-state index contributed by atoms with van der Waals surface area (Å²) in [6.07, 6.45) is -0.352. The number of carbonyl (C=O) groups is 1. The van der Waals surface area contributed by atoms with E-state index in [0.717, 1.165) is 18.3 Å². The zero-order valence-electron chi connectivity index (χ0n) is 16.8. The van der Waals surface area contributed by atoms with Crippen LogP contribution < -0.4 is 11.3 Å². The fourth-order valence-electron chi connectivity index (χ4n) is 3.40. The van der Waals surface area contributed by atoms with E-state index in [1.165, 1.54) is 30.4 Å². The van der Waals surface area contributed by atoms with Gasteiger partial charge in [0.25, 0.3) is 5.91 Å². The molecule has 0 atom stereocenters. The highest BCUT2D eigenvalue weighted by Gasteiger charge is 2.42. The van der Waals surface area contributed by atoms with E-state index in [2.05, 4.69) is 10.3 Å². The van der Waals surface area contributed by atoms with Crippen molar-refractivity contribution in [2.45, 2.75) is 12.6 Å². The second kappa shape index (κ2) is 8.88. The van der Waals surface area contributed by atoms with Crippen LogP contribution >= 0.6 is 11.6 Å². The van der Waals surface area contributed by atoms with Crippen LogP contribution in [0.2, 0.25) is 0 Å². The summed E-state index contributed by atoms with van der Waals surface area (Å²) < 4.78 is 76.8. The number of nitrogens with one attached hydrogen (secondary N) is 1. The average molecular weight is 498 g/mol. The predicted octanol–water partition coefficient (Wildman–Crippen LogP) is 5.05. The summed E-state index contributed by atoms with van der Waals surface area (Å²) in [6, 6.07) is 4.66. The maximum Gasteiger partial charge on any atom is 0.434 e. The quantitative estimate of drug-likeness (QED) is 0.227. The molecule has 0 unspecified atom stereocenters. The van der Waals surface area contributed by atoms with Crippen LogP contribution in [0.5, 0.6) is 0 Å². The van der Waals surface area contributed by atoms with Crippen LogP contribution in [0, 0.1) is 5.82 Å². The first-order valence-corrected chi connectivity index (χ1v) is 9.85. The Labute approximate surface area is 192 Å². The van der Waals surface area contributed by atoms with Gasteiger partial charge in [-0.2, -0.15) is 18.3 Å². The highest BCUT2D eigenvalue weighted by atomic mass is 35.5. The van der Waals surface area contributed by atoms with Crippen molar-refractivity contribution in [3.63, 3.8) is 0 Å². The summed E-state index contributed by atoms with van der Waals surface area (Å²) in [6.45, 7) is 0. The molecule has 1 aromatic carbocycles. The van der Waals surface area contributed by atoms with Crippen LogP contribution in [0.1, 0.15) is 28.2 Å². The molecule has 7 nitrogen and oxygen atoms in total. The maximum atomic E-state index is 14.8. The van der Waals surface area contributed by atoms with Gasteiger partial charge in [-0.3, -0.25) is 10.2 Å². The SMILES string of the molecule is NNC(=O)c1c(C2=C(F)CC=CC=C2Cl)noc1-c1cnn(-c2ccccc2F)c1C(F)(F)F. The Morgan fingerprint density at radius 2 is 1.97 bits per heavy atom. The van der Waals surface area contributed by atoms with Crippen molar-refractivity contribution in [3.8, 4) is 17.0 Å². The summed E-state index contributed by atoms with van der Waals surface area (Å²) in [7, 11) is 0. The van der Waals surface area contributed by atoms with E-state index in [-0.39, 0.29) is 17.0 Å². The monoisotopic (exact) mass is 497 g/mol. The third kappa shape index (κ3) is 4.01. The Kier molecular flexibility index (Phi) is 6.11. The lowest BCUT2D eigenvalue weighted by Crippen LogP contribution is -2.31. The fourth-order valence-corrected chi connectivity index (χ4v) is 3.67. The summed E-state index contributed by atoms with van der Waals surface area (Å²) in [5, 5.41) is 7.11. The molecule has 1 amide bonds. The molecule has 2 aromatic heterocycles. The number of amides is 1. The van der Waals surface area contributed by atoms with E-state index < -0.39 is 57.7 Å². The number of nitrogens with zero attached hydrogens (tertiary/aromatic N) is 3. The molecular weight excluding hydrogens is 485 g/mol. The smallest absolute Gasteiger partial charge is 0.355 e. The Morgan fingerprint density at radius 1 is 1.24 bits per heavy atom. The van der Waals surface area contributed by atoms with Gasteiger partial charge in [0.1, 0.15) is 28.6 Å². The number of para-hydroxylation sites is 1. The third-order valence-electron chi connectivity index (χ3n) is 4.84. The molecule has 0 fully saturated rings. The fraction of sp³-hybridized carbons (Fsp3) is 0.0952. The van der Waals surface area contributed by atoms with Gasteiger partial charge < -0.3 is 4.52 Å². The van der Waals surface area contributed by atoms with E-state index >= 15 is 0 Å². The Morgan fingerprint density at radius 3 is 2.65 bits per heavy atom. The van der Waals surface area contributed by atoms with E-state index in [9.17, 15) is 26.7 Å². The van der Waals surface area contributed by atoms with Gasteiger partial charge in [0.15, 0.2) is 11.5 Å². The van der Waals surface area contributed by atoms with E-state index in [1.807, 2.05) is 0 Å². The number of nitrogen functional groups attached to an aromatic ring is 1. The number of aromatic nitrogens is 3. The zero-order chi connectivity index (χ0) is 24.6. The molecule has 0 bridgehead atoms. The summed E-state index contributed by atoms with van der Waals surface area (Å²) in [4.78, 5) is 12.6. The molecule has 3 N–H and O–H groups in total. The number of carbonyl (C=O) groups excluding carboxylic acids is 1. The Bertz CT molecular complexity index is 1370. The number of alkyl halides is 3. The lowest BCUT2D eigenvalue weighted by Gasteiger charge is -2.13. The molecule has 1 aliphatic rings. The van der Waals surface area contributed by atoms with Crippen LogP contribution in [0.25, 0.3) is 22.6 Å².